The van der Waals surface area contributed by atoms with E-state index in [4.69, 9.17) is 5.21 Å². The number of para-hydroxylation sites is 1. The zero-order valence-electron chi connectivity index (χ0n) is 7.33. The van der Waals surface area contributed by atoms with Crippen LogP contribution in [-0.2, 0) is 0 Å². The third kappa shape index (κ3) is 3.16. The second-order valence-electron chi connectivity index (χ2n) is 1.99. The first-order chi connectivity index (χ1) is 5.34. The summed E-state index contributed by atoms with van der Waals surface area (Å²) < 4.78 is 0. The second-order valence-corrected chi connectivity index (χ2v) is 1.99. The summed E-state index contributed by atoms with van der Waals surface area (Å²) in [4.78, 5) is 0. The maximum absolute atomic E-state index is 8.59. The van der Waals surface area contributed by atoms with E-state index in [9.17, 15) is 0 Å². The van der Waals surface area contributed by atoms with Gasteiger partial charge in [0, 0.05) is 11.6 Å². The number of hydrogen-bond donors (Lipinski definition) is 2. The minimum atomic E-state index is 0.887. The quantitative estimate of drug-likeness (QED) is 0.468. The summed E-state index contributed by atoms with van der Waals surface area (Å²) >= 11 is 0. The molecule has 1 aromatic carbocycles. The predicted molar refractivity (Wildman–Crippen MR) is 45.9 cm³/mol. The minimum Gasteiger partial charge on any atom is -0.215 e. The number of benzene rings is 1. The summed E-state index contributed by atoms with van der Waals surface area (Å²) in [5, 5.41) is 8.59. The monoisotopic (exact) mass is 154 g/mol. The number of quaternary nitrogens is 1. The fraction of sp³-hybridized carbons (Fsp3) is 0.333. The molecule has 2 nitrogen and oxygen atoms in total. The molecule has 0 amide bonds. The van der Waals surface area contributed by atoms with E-state index < -0.39 is 0 Å². The Balaban J connectivity index is 0.000000461. The van der Waals surface area contributed by atoms with E-state index in [1.807, 2.05) is 45.0 Å². The van der Waals surface area contributed by atoms with Gasteiger partial charge in [-0.05, 0) is 6.92 Å². The van der Waals surface area contributed by atoms with E-state index in [0.717, 1.165) is 16.7 Å². The van der Waals surface area contributed by atoms with Gasteiger partial charge in [-0.15, -0.1) is 0 Å². The highest BCUT2D eigenvalue weighted by Gasteiger charge is 1.95. The van der Waals surface area contributed by atoms with Crippen LogP contribution in [0.2, 0.25) is 0 Å². The van der Waals surface area contributed by atoms with Crippen molar-refractivity contribution in [1.82, 2.24) is 0 Å². The molecular weight excluding hydrogens is 138 g/mol. The first-order valence-corrected chi connectivity index (χ1v) is 3.87. The van der Waals surface area contributed by atoms with Crippen molar-refractivity contribution in [2.24, 2.45) is 0 Å². The summed E-state index contributed by atoms with van der Waals surface area (Å²) in [6.07, 6.45) is 0. The van der Waals surface area contributed by atoms with Gasteiger partial charge in [0.15, 0.2) is 5.69 Å². The lowest BCUT2D eigenvalue weighted by Crippen LogP contribution is -2.74. The molecule has 0 aliphatic carbocycles. The van der Waals surface area contributed by atoms with Crippen LogP contribution in [-0.4, -0.2) is 5.21 Å². The summed E-state index contributed by atoms with van der Waals surface area (Å²) in [7, 11) is 0. The molecule has 0 radical (unpaired) electrons. The molecule has 0 saturated carbocycles. The Morgan fingerprint density at radius 2 is 1.73 bits per heavy atom. The van der Waals surface area contributed by atoms with Crippen LogP contribution >= 0.6 is 0 Å². The molecule has 0 aliphatic rings. The molecule has 11 heavy (non-hydrogen) atoms. The van der Waals surface area contributed by atoms with Crippen molar-refractivity contribution in [3.8, 4) is 0 Å². The van der Waals surface area contributed by atoms with Gasteiger partial charge in [-0.1, -0.05) is 32.0 Å². The molecule has 62 valence electrons. The highest BCUT2D eigenvalue weighted by Crippen LogP contribution is 2.05. The highest BCUT2D eigenvalue weighted by atomic mass is 16.5. The van der Waals surface area contributed by atoms with Gasteiger partial charge in [-0.25, -0.2) is 5.21 Å². The fourth-order valence-corrected chi connectivity index (χ4v) is 0.732. The molecule has 0 aliphatic heterocycles. The number of aryl methyl sites for hydroxylation is 1. The number of rotatable bonds is 1. The molecule has 1 rings (SSSR count). The van der Waals surface area contributed by atoms with E-state index in [-0.39, 0.29) is 0 Å². The maximum Gasteiger partial charge on any atom is 0.164 e. The first-order valence-electron chi connectivity index (χ1n) is 3.87. The lowest BCUT2D eigenvalue weighted by atomic mass is 10.2. The smallest absolute Gasteiger partial charge is 0.164 e. The first kappa shape index (κ1) is 10.1. The summed E-state index contributed by atoms with van der Waals surface area (Å²) in [6, 6.07) is 7.68. The third-order valence-electron chi connectivity index (χ3n) is 1.33. The number of hydrogen-bond acceptors (Lipinski definition) is 1. The van der Waals surface area contributed by atoms with Crippen LogP contribution in [0.5, 0.6) is 0 Å². The molecule has 0 bridgehead atoms. The molecule has 0 atom stereocenters. The molecule has 0 saturated heterocycles. The largest absolute Gasteiger partial charge is 0.215 e. The van der Waals surface area contributed by atoms with Gasteiger partial charge in [0.2, 0.25) is 0 Å². The molecule has 0 aromatic heterocycles. The fourth-order valence-electron chi connectivity index (χ4n) is 0.732. The van der Waals surface area contributed by atoms with Crippen molar-refractivity contribution in [2.75, 3.05) is 0 Å². The Labute approximate surface area is 67.8 Å². The van der Waals surface area contributed by atoms with E-state index in [1.165, 1.54) is 0 Å². The van der Waals surface area contributed by atoms with Crippen LogP contribution < -0.4 is 5.48 Å². The average Bonchev–Trinajstić information content (AvgIpc) is 2.09. The van der Waals surface area contributed by atoms with Crippen molar-refractivity contribution < 1.29 is 10.7 Å². The average molecular weight is 154 g/mol. The van der Waals surface area contributed by atoms with Gasteiger partial charge in [-0.3, -0.25) is 0 Å². The molecule has 2 heteroatoms. The Morgan fingerprint density at radius 1 is 1.18 bits per heavy atom. The molecule has 0 heterocycles. The summed E-state index contributed by atoms with van der Waals surface area (Å²) in [5.74, 6) is 0. The predicted octanol–water partition coefficient (Wildman–Crippen LogP) is 1.61. The van der Waals surface area contributed by atoms with Crippen LogP contribution in [0.3, 0.4) is 0 Å². The topological polar surface area (TPSA) is 36.8 Å². The SMILES string of the molecule is CC.Cc1ccccc1[NH2+]O. The van der Waals surface area contributed by atoms with Crippen molar-refractivity contribution in [3.63, 3.8) is 0 Å². The zero-order valence-corrected chi connectivity index (χ0v) is 7.33. The van der Waals surface area contributed by atoms with E-state index in [0.29, 0.717) is 0 Å². The Bertz CT molecular complexity index is 199. The normalized spacial score (nSPS) is 8.36. The van der Waals surface area contributed by atoms with Crippen LogP contribution in [0.1, 0.15) is 19.4 Å². The molecule has 1 aromatic rings. The van der Waals surface area contributed by atoms with Crippen LogP contribution in [0.4, 0.5) is 5.69 Å². The standard InChI is InChI=1S/C7H9NO.C2H6/c1-6-4-2-3-5-7(6)8-9;1-2/h2-5,8-9H,1H3;1-2H3/p+1. The molecule has 0 fully saturated rings. The van der Waals surface area contributed by atoms with Gasteiger partial charge in [-0.2, -0.15) is 5.48 Å². The number of nitrogens with two attached hydrogens (primary N) is 1. The Kier molecular flexibility index (Phi) is 5.43. The van der Waals surface area contributed by atoms with Gasteiger partial charge in [0.25, 0.3) is 0 Å². The van der Waals surface area contributed by atoms with Crippen molar-refractivity contribution in [3.05, 3.63) is 29.8 Å². The third-order valence-corrected chi connectivity index (χ3v) is 1.33. The lowest BCUT2D eigenvalue weighted by Gasteiger charge is -1.94. The van der Waals surface area contributed by atoms with Crippen LogP contribution in [0.25, 0.3) is 0 Å². The Hall–Kier alpha value is -0.860. The van der Waals surface area contributed by atoms with Crippen molar-refractivity contribution in [2.45, 2.75) is 20.8 Å². The van der Waals surface area contributed by atoms with Crippen molar-refractivity contribution in [1.29, 1.82) is 0 Å². The van der Waals surface area contributed by atoms with Crippen molar-refractivity contribution >= 4 is 5.69 Å². The van der Waals surface area contributed by atoms with E-state index in [1.54, 1.807) is 0 Å². The van der Waals surface area contributed by atoms with E-state index in [2.05, 4.69) is 0 Å². The summed E-state index contributed by atoms with van der Waals surface area (Å²) in [5.41, 5.74) is 3.10. The second kappa shape index (κ2) is 5.89. The van der Waals surface area contributed by atoms with Gasteiger partial charge in [0.1, 0.15) is 0 Å². The molecule has 0 spiro atoms. The van der Waals surface area contributed by atoms with Gasteiger partial charge in [0.05, 0.1) is 0 Å². The van der Waals surface area contributed by atoms with Gasteiger partial charge >= 0.3 is 0 Å². The summed E-state index contributed by atoms with van der Waals surface area (Å²) in [6.45, 7) is 5.96. The van der Waals surface area contributed by atoms with Crippen LogP contribution in [0.15, 0.2) is 24.3 Å². The molecular formula is C9H16NO+. The molecule has 3 N–H and O–H groups in total. The lowest BCUT2D eigenvalue weighted by molar-refractivity contribution is -0.826. The maximum atomic E-state index is 8.59. The van der Waals surface area contributed by atoms with Crippen LogP contribution in [0, 0.1) is 6.92 Å². The minimum absolute atomic E-state index is 0.887. The zero-order chi connectivity index (χ0) is 8.69. The Morgan fingerprint density at radius 3 is 2.09 bits per heavy atom. The van der Waals surface area contributed by atoms with E-state index >= 15 is 0 Å². The van der Waals surface area contributed by atoms with Gasteiger partial charge < -0.3 is 0 Å². The molecule has 0 unspecified atom stereocenters. The highest BCUT2D eigenvalue weighted by molar-refractivity contribution is 5.36.